The summed E-state index contributed by atoms with van der Waals surface area (Å²) < 4.78 is 9.82. The monoisotopic (exact) mass is 333 g/mol. The Hall–Kier alpha value is -2.53. The molecule has 0 bridgehead atoms. The lowest BCUT2D eigenvalue weighted by Crippen LogP contribution is -2.17. The number of anilines is 1. The van der Waals surface area contributed by atoms with E-state index in [4.69, 9.17) is 21.1 Å². The Labute approximate surface area is 139 Å². The highest BCUT2D eigenvalue weighted by Gasteiger charge is 2.15. The van der Waals surface area contributed by atoms with Gasteiger partial charge < -0.3 is 14.8 Å². The summed E-state index contributed by atoms with van der Waals surface area (Å²) in [5.74, 6) is -0.141. The number of ether oxygens (including phenoxy) is 2. The van der Waals surface area contributed by atoms with Gasteiger partial charge in [0, 0.05) is 5.02 Å². The van der Waals surface area contributed by atoms with Gasteiger partial charge in [-0.15, -0.1) is 0 Å². The molecule has 120 valence electrons. The molecule has 0 spiro atoms. The highest BCUT2D eigenvalue weighted by Crippen LogP contribution is 2.22. The first-order valence-corrected chi connectivity index (χ1v) is 7.22. The van der Waals surface area contributed by atoms with Crippen LogP contribution < -0.4 is 10.1 Å². The Morgan fingerprint density at radius 2 is 1.91 bits per heavy atom. The third kappa shape index (κ3) is 4.47. The average molecular weight is 334 g/mol. The van der Waals surface area contributed by atoms with Crippen molar-refractivity contribution in [2.45, 2.75) is 6.42 Å². The summed E-state index contributed by atoms with van der Waals surface area (Å²) in [6.45, 7) is 0. The van der Waals surface area contributed by atoms with Crippen LogP contribution >= 0.6 is 11.6 Å². The van der Waals surface area contributed by atoms with Gasteiger partial charge in [-0.3, -0.25) is 4.79 Å². The number of methoxy groups -OCH3 is 2. The van der Waals surface area contributed by atoms with E-state index < -0.39 is 5.97 Å². The fourth-order valence-corrected chi connectivity index (χ4v) is 2.24. The van der Waals surface area contributed by atoms with E-state index >= 15 is 0 Å². The number of carbonyl (C=O) groups excluding carboxylic acids is 2. The molecule has 0 aliphatic carbocycles. The van der Waals surface area contributed by atoms with Crippen LogP contribution in [0.15, 0.2) is 42.5 Å². The Morgan fingerprint density at radius 1 is 1.13 bits per heavy atom. The number of carbonyl (C=O) groups is 2. The van der Waals surface area contributed by atoms with Crippen LogP contribution in [0.5, 0.6) is 5.75 Å². The summed E-state index contributed by atoms with van der Waals surface area (Å²) in [7, 11) is 2.84. The van der Waals surface area contributed by atoms with Crippen LogP contribution in [-0.2, 0) is 16.0 Å². The van der Waals surface area contributed by atoms with Crippen LogP contribution in [0.25, 0.3) is 0 Å². The lowest BCUT2D eigenvalue weighted by molar-refractivity contribution is -0.115. The molecule has 0 saturated carbocycles. The van der Waals surface area contributed by atoms with E-state index in [0.29, 0.717) is 16.5 Å². The van der Waals surface area contributed by atoms with Gasteiger partial charge in [0.25, 0.3) is 0 Å². The predicted molar refractivity (Wildman–Crippen MR) is 88.1 cm³/mol. The molecule has 0 atom stereocenters. The van der Waals surface area contributed by atoms with E-state index in [0.717, 1.165) is 5.56 Å². The fourth-order valence-electron chi connectivity index (χ4n) is 2.07. The number of rotatable bonds is 5. The van der Waals surface area contributed by atoms with Gasteiger partial charge in [0.2, 0.25) is 5.91 Å². The molecule has 2 rings (SSSR count). The van der Waals surface area contributed by atoms with Crippen LogP contribution in [0.1, 0.15) is 15.9 Å². The average Bonchev–Trinajstić information content (AvgIpc) is 2.54. The van der Waals surface area contributed by atoms with E-state index in [2.05, 4.69) is 5.32 Å². The molecule has 2 aromatic carbocycles. The Bertz CT molecular complexity index is 730. The predicted octanol–water partition coefficient (Wildman–Crippen LogP) is 3.32. The molecule has 0 heterocycles. The van der Waals surface area contributed by atoms with Crippen LogP contribution in [0.2, 0.25) is 5.02 Å². The third-order valence-electron chi connectivity index (χ3n) is 3.16. The van der Waals surface area contributed by atoms with Crippen LogP contribution in [0.4, 0.5) is 5.69 Å². The minimum Gasteiger partial charge on any atom is -0.497 e. The van der Waals surface area contributed by atoms with Crippen LogP contribution in [0, 0.1) is 0 Å². The summed E-state index contributed by atoms with van der Waals surface area (Å²) >= 11 is 5.93. The Balaban J connectivity index is 2.16. The van der Waals surface area contributed by atoms with Crippen molar-refractivity contribution in [2.24, 2.45) is 0 Å². The normalized spacial score (nSPS) is 10.0. The zero-order chi connectivity index (χ0) is 16.8. The number of esters is 1. The van der Waals surface area contributed by atoms with Crippen molar-refractivity contribution in [1.82, 2.24) is 0 Å². The first-order valence-electron chi connectivity index (χ1n) is 6.84. The number of nitrogens with one attached hydrogen (secondary N) is 1. The zero-order valence-corrected chi connectivity index (χ0v) is 13.5. The molecule has 0 saturated heterocycles. The van der Waals surface area contributed by atoms with Crippen molar-refractivity contribution in [1.29, 1.82) is 0 Å². The van der Waals surface area contributed by atoms with Gasteiger partial charge in [-0.2, -0.15) is 0 Å². The number of halogens is 1. The van der Waals surface area contributed by atoms with Crippen molar-refractivity contribution >= 4 is 29.2 Å². The topological polar surface area (TPSA) is 64.6 Å². The van der Waals surface area contributed by atoms with E-state index in [1.807, 2.05) is 6.07 Å². The molecule has 0 aliphatic rings. The lowest BCUT2D eigenvalue weighted by Gasteiger charge is -2.10. The largest absolute Gasteiger partial charge is 0.497 e. The Morgan fingerprint density at radius 3 is 2.61 bits per heavy atom. The van der Waals surface area contributed by atoms with Gasteiger partial charge in [-0.05, 0) is 35.9 Å². The standard InChI is InChI=1S/C17H16ClNO4/c1-22-13-5-3-4-11(8-13)9-16(20)19-15-10-12(18)6-7-14(15)17(21)23-2/h3-8,10H,9H2,1-2H3,(H,19,20). The van der Waals surface area contributed by atoms with E-state index in [9.17, 15) is 9.59 Å². The molecule has 0 unspecified atom stereocenters. The quantitative estimate of drug-likeness (QED) is 0.852. The third-order valence-corrected chi connectivity index (χ3v) is 3.39. The van der Waals surface area contributed by atoms with Gasteiger partial charge in [0.05, 0.1) is 31.9 Å². The lowest BCUT2D eigenvalue weighted by atomic mass is 10.1. The molecule has 2 aromatic rings. The molecule has 6 heteroatoms. The Kier molecular flexibility index (Phi) is 5.60. The maximum absolute atomic E-state index is 12.2. The molecule has 0 aromatic heterocycles. The minimum absolute atomic E-state index is 0.143. The first-order chi connectivity index (χ1) is 11.0. The molecule has 0 aliphatic heterocycles. The van der Waals surface area contributed by atoms with Crippen molar-refractivity contribution in [3.05, 3.63) is 58.6 Å². The second-order valence-corrected chi connectivity index (χ2v) is 5.19. The van der Waals surface area contributed by atoms with Crippen LogP contribution in [0.3, 0.4) is 0 Å². The molecule has 0 radical (unpaired) electrons. The molecular formula is C17H16ClNO4. The van der Waals surface area contributed by atoms with Gasteiger partial charge in [0.15, 0.2) is 0 Å². The minimum atomic E-state index is -0.543. The second kappa shape index (κ2) is 7.65. The van der Waals surface area contributed by atoms with Crippen LogP contribution in [-0.4, -0.2) is 26.1 Å². The number of benzene rings is 2. The maximum Gasteiger partial charge on any atom is 0.339 e. The molecule has 1 N–H and O–H groups in total. The summed E-state index contributed by atoms with van der Waals surface area (Å²) in [6.07, 6.45) is 0.143. The maximum atomic E-state index is 12.2. The zero-order valence-electron chi connectivity index (χ0n) is 12.8. The SMILES string of the molecule is COC(=O)c1ccc(Cl)cc1NC(=O)Cc1cccc(OC)c1. The second-order valence-electron chi connectivity index (χ2n) is 4.76. The summed E-state index contributed by atoms with van der Waals surface area (Å²) in [6, 6.07) is 11.8. The number of hydrogen-bond donors (Lipinski definition) is 1. The van der Waals surface area contributed by atoms with E-state index in [1.165, 1.54) is 19.2 Å². The summed E-state index contributed by atoms with van der Waals surface area (Å²) in [5.41, 5.74) is 1.36. The van der Waals surface area contributed by atoms with Crippen molar-refractivity contribution in [3.8, 4) is 5.75 Å². The van der Waals surface area contributed by atoms with E-state index in [-0.39, 0.29) is 17.9 Å². The molecule has 1 amide bonds. The highest BCUT2D eigenvalue weighted by atomic mass is 35.5. The first kappa shape index (κ1) is 16.8. The summed E-state index contributed by atoms with van der Waals surface area (Å²) in [4.78, 5) is 23.9. The van der Waals surface area contributed by atoms with E-state index in [1.54, 1.807) is 31.4 Å². The molecule has 0 fully saturated rings. The molecular weight excluding hydrogens is 318 g/mol. The van der Waals surface area contributed by atoms with Gasteiger partial charge >= 0.3 is 5.97 Å². The molecule has 5 nitrogen and oxygen atoms in total. The fraction of sp³-hybridized carbons (Fsp3) is 0.176. The smallest absolute Gasteiger partial charge is 0.339 e. The highest BCUT2D eigenvalue weighted by molar-refractivity contribution is 6.31. The van der Waals surface area contributed by atoms with Crippen molar-refractivity contribution < 1.29 is 19.1 Å². The van der Waals surface area contributed by atoms with Gasteiger partial charge in [-0.1, -0.05) is 23.7 Å². The van der Waals surface area contributed by atoms with Gasteiger partial charge in [-0.25, -0.2) is 4.79 Å². The number of hydrogen-bond acceptors (Lipinski definition) is 4. The van der Waals surface area contributed by atoms with Crippen molar-refractivity contribution in [2.75, 3.05) is 19.5 Å². The summed E-state index contributed by atoms with van der Waals surface area (Å²) in [5, 5.41) is 3.10. The number of amides is 1. The van der Waals surface area contributed by atoms with Gasteiger partial charge in [0.1, 0.15) is 5.75 Å². The van der Waals surface area contributed by atoms with Crippen molar-refractivity contribution in [3.63, 3.8) is 0 Å². The molecule has 23 heavy (non-hydrogen) atoms.